The summed E-state index contributed by atoms with van der Waals surface area (Å²) >= 11 is 16.9. The largest absolute Gasteiger partial charge is 0.382 e. The van der Waals surface area contributed by atoms with Crippen LogP contribution in [-0.2, 0) is 4.79 Å². The Bertz CT molecular complexity index is 527. The van der Waals surface area contributed by atoms with E-state index in [1.165, 1.54) is 6.08 Å². The number of nitrogen functional groups attached to an aromatic ring is 1. The van der Waals surface area contributed by atoms with Gasteiger partial charge in [-0.3, -0.25) is 4.79 Å². The van der Waals surface area contributed by atoms with Crippen molar-refractivity contribution in [2.45, 2.75) is 42.8 Å². The third-order valence-electron chi connectivity index (χ3n) is 3.02. The third kappa shape index (κ3) is 6.86. The molecule has 4 nitrogen and oxygen atoms in total. The van der Waals surface area contributed by atoms with E-state index in [9.17, 15) is 4.79 Å². The monoisotopic (exact) mass is 363 g/mol. The fourth-order valence-electron chi connectivity index (χ4n) is 1.85. The summed E-state index contributed by atoms with van der Waals surface area (Å²) < 4.78 is -1.96. The number of halogens is 3. The maximum atomic E-state index is 11.9. The number of hydrogen-bond acceptors (Lipinski definition) is 4. The van der Waals surface area contributed by atoms with Crippen LogP contribution in [0, 0.1) is 0 Å². The van der Waals surface area contributed by atoms with E-state index >= 15 is 0 Å². The molecular weight excluding hydrogens is 345 g/mol. The van der Waals surface area contributed by atoms with Crippen LogP contribution in [0.15, 0.2) is 30.1 Å². The lowest BCUT2D eigenvalue weighted by Crippen LogP contribution is -2.18. The number of hydrogen-bond donors (Lipinski definition) is 2. The number of rotatable bonds is 8. The van der Waals surface area contributed by atoms with Crippen molar-refractivity contribution in [2.24, 2.45) is 0 Å². The molecule has 0 aliphatic carbocycles. The summed E-state index contributed by atoms with van der Waals surface area (Å²) in [5, 5.41) is 3.10. The zero-order valence-electron chi connectivity index (χ0n) is 12.4. The van der Waals surface area contributed by atoms with Crippen LogP contribution in [0.5, 0.6) is 0 Å². The van der Waals surface area contributed by atoms with Crippen molar-refractivity contribution in [1.29, 1.82) is 0 Å². The predicted octanol–water partition coefficient (Wildman–Crippen LogP) is 4.87. The van der Waals surface area contributed by atoms with Gasteiger partial charge in [-0.1, -0.05) is 61.0 Å². The lowest BCUT2D eigenvalue weighted by atomic mass is 10.1. The zero-order valence-corrected chi connectivity index (χ0v) is 14.7. The SMILES string of the molecule is CCCCCC/C(=C\C(=O)C(Cl)(Cl)Cl)Nc1cccnc1N. The first kappa shape index (κ1) is 19.1. The Hall–Kier alpha value is -0.970. The maximum absolute atomic E-state index is 11.9. The van der Waals surface area contributed by atoms with Gasteiger partial charge in [-0.05, 0) is 25.0 Å². The smallest absolute Gasteiger partial charge is 0.252 e. The Morgan fingerprint density at radius 1 is 1.36 bits per heavy atom. The van der Waals surface area contributed by atoms with Crippen LogP contribution < -0.4 is 11.1 Å². The van der Waals surface area contributed by atoms with E-state index < -0.39 is 9.58 Å². The average Bonchev–Trinajstić information content (AvgIpc) is 2.44. The average molecular weight is 365 g/mol. The molecule has 7 heteroatoms. The fraction of sp³-hybridized carbons (Fsp3) is 0.467. The lowest BCUT2D eigenvalue weighted by Gasteiger charge is -2.14. The molecule has 0 aliphatic heterocycles. The van der Waals surface area contributed by atoms with Crippen molar-refractivity contribution in [3.63, 3.8) is 0 Å². The molecule has 0 amide bonds. The highest BCUT2D eigenvalue weighted by molar-refractivity contribution is 6.77. The molecular formula is C15H20Cl3N3O. The number of aromatic nitrogens is 1. The second-order valence-electron chi connectivity index (χ2n) is 4.90. The van der Waals surface area contributed by atoms with Gasteiger partial charge in [-0.2, -0.15) is 0 Å². The van der Waals surface area contributed by atoms with Crippen molar-refractivity contribution >= 4 is 52.1 Å². The second kappa shape index (κ2) is 9.23. The molecule has 0 spiro atoms. The fourth-order valence-corrected chi connectivity index (χ4v) is 2.01. The molecule has 122 valence electrons. The van der Waals surface area contributed by atoms with Gasteiger partial charge < -0.3 is 11.1 Å². The van der Waals surface area contributed by atoms with Crippen LogP contribution in [0.2, 0.25) is 0 Å². The summed E-state index contributed by atoms with van der Waals surface area (Å²) in [4.78, 5) is 15.9. The molecule has 1 rings (SSSR count). The molecule has 0 saturated carbocycles. The molecule has 3 N–H and O–H groups in total. The topological polar surface area (TPSA) is 68.0 Å². The van der Waals surface area contributed by atoms with Crippen molar-refractivity contribution in [2.75, 3.05) is 11.1 Å². The Morgan fingerprint density at radius 3 is 2.68 bits per heavy atom. The van der Waals surface area contributed by atoms with Crippen LogP contribution in [0.25, 0.3) is 0 Å². The van der Waals surface area contributed by atoms with E-state index in [4.69, 9.17) is 40.5 Å². The number of nitrogens with two attached hydrogens (primary N) is 1. The van der Waals surface area contributed by atoms with Gasteiger partial charge in [0.2, 0.25) is 5.78 Å². The third-order valence-corrected chi connectivity index (χ3v) is 3.58. The Labute approximate surface area is 146 Å². The number of nitrogens with zero attached hydrogens (tertiary/aromatic N) is 1. The molecule has 0 aliphatic rings. The van der Waals surface area contributed by atoms with Gasteiger partial charge >= 0.3 is 0 Å². The molecule has 0 radical (unpaired) electrons. The number of pyridine rings is 1. The first-order valence-corrected chi connectivity index (χ1v) is 8.27. The molecule has 22 heavy (non-hydrogen) atoms. The van der Waals surface area contributed by atoms with Crippen molar-refractivity contribution in [3.8, 4) is 0 Å². The number of carbonyl (C=O) groups excluding carboxylic acids is 1. The number of carbonyl (C=O) groups is 1. The maximum Gasteiger partial charge on any atom is 0.252 e. The summed E-state index contributed by atoms with van der Waals surface area (Å²) in [6, 6.07) is 3.53. The Balaban J connectivity index is 2.84. The van der Waals surface area contributed by atoms with Gasteiger partial charge in [0.25, 0.3) is 3.79 Å². The van der Waals surface area contributed by atoms with Crippen molar-refractivity contribution in [1.82, 2.24) is 4.98 Å². The normalized spacial score (nSPS) is 12.3. The number of ketones is 1. The van der Waals surface area contributed by atoms with Gasteiger partial charge in [0.05, 0.1) is 5.69 Å². The number of anilines is 2. The molecule has 0 fully saturated rings. The Morgan fingerprint density at radius 2 is 2.09 bits per heavy atom. The molecule has 0 aromatic carbocycles. The van der Waals surface area contributed by atoms with E-state index in [-0.39, 0.29) is 0 Å². The molecule has 0 bridgehead atoms. The van der Waals surface area contributed by atoms with E-state index in [2.05, 4.69) is 17.2 Å². The molecule has 1 aromatic rings. The molecule has 1 aromatic heterocycles. The van der Waals surface area contributed by atoms with E-state index in [1.807, 2.05) is 0 Å². The first-order valence-electron chi connectivity index (χ1n) is 7.13. The zero-order chi connectivity index (χ0) is 16.6. The molecule has 0 unspecified atom stereocenters. The van der Waals surface area contributed by atoms with Crippen molar-refractivity contribution < 1.29 is 4.79 Å². The van der Waals surface area contributed by atoms with E-state index in [0.29, 0.717) is 23.6 Å². The highest BCUT2D eigenvalue weighted by Gasteiger charge is 2.28. The number of nitrogens with one attached hydrogen (secondary N) is 1. The highest BCUT2D eigenvalue weighted by Crippen LogP contribution is 2.29. The second-order valence-corrected chi connectivity index (χ2v) is 7.18. The standard InChI is InChI=1S/C15H20Cl3N3O/c1-2-3-4-5-7-11(10-13(22)15(16,17)18)21-12-8-6-9-20-14(12)19/h6,8-10,21H,2-5,7H2,1H3,(H2,19,20)/b11-10+. The predicted molar refractivity (Wildman–Crippen MR) is 94.4 cm³/mol. The summed E-state index contributed by atoms with van der Waals surface area (Å²) in [6.45, 7) is 2.14. The molecule has 0 saturated heterocycles. The van der Waals surface area contributed by atoms with Crippen LogP contribution in [0.4, 0.5) is 11.5 Å². The quantitative estimate of drug-likeness (QED) is 0.392. The van der Waals surface area contributed by atoms with Gasteiger partial charge in [-0.15, -0.1) is 0 Å². The summed E-state index contributed by atoms with van der Waals surface area (Å²) in [6.07, 6.45) is 7.86. The van der Waals surface area contributed by atoms with E-state index in [1.54, 1.807) is 18.3 Å². The van der Waals surface area contributed by atoms with Gasteiger partial charge in [-0.25, -0.2) is 4.98 Å². The minimum atomic E-state index is -1.96. The molecule has 1 heterocycles. The van der Waals surface area contributed by atoms with E-state index in [0.717, 1.165) is 25.7 Å². The number of alkyl halides is 3. The lowest BCUT2D eigenvalue weighted by molar-refractivity contribution is -0.113. The van der Waals surface area contributed by atoms with Gasteiger partial charge in [0.1, 0.15) is 5.82 Å². The van der Waals surface area contributed by atoms with Crippen LogP contribution in [-0.4, -0.2) is 14.6 Å². The highest BCUT2D eigenvalue weighted by atomic mass is 35.6. The van der Waals surface area contributed by atoms with Crippen LogP contribution in [0.3, 0.4) is 0 Å². The summed E-state index contributed by atoms with van der Waals surface area (Å²) in [5.74, 6) is -0.235. The summed E-state index contributed by atoms with van der Waals surface area (Å²) in [7, 11) is 0. The van der Waals surface area contributed by atoms with Gasteiger partial charge in [0, 0.05) is 18.0 Å². The minimum absolute atomic E-state index is 0.350. The van der Waals surface area contributed by atoms with Gasteiger partial charge in [0.15, 0.2) is 0 Å². The molecule has 0 atom stereocenters. The number of unbranched alkanes of at least 4 members (excludes halogenated alkanes) is 3. The minimum Gasteiger partial charge on any atom is -0.382 e. The Kier molecular flexibility index (Phi) is 8.01. The summed E-state index contributed by atoms with van der Waals surface area (Å²) in [5.41, 5.74) is 7.08. The first-order chi connectivity index (χ1) is 10.3. The number of allylic oxidation sites excluding steroid dienone is 2. The van der Waals surface area contributed by atoms with Crippen LogP contribution in [0.1, 0.15) is 39.0 Å². The van der Waals surface area contributed by atoms with Crippen LogP contribution >= 0.6 is 34.8 Å². The van der Waals surface area contributed by atoms with Crippen molar-refractivity contribution in [3.05, 3.63) is 30.1 Å².